The zero-order valence-corrected chi connectivity index (χ0v) is 11.9. The summed E-state index contributed by atoms with van der Waals surface area (Å²) in [6.45, 7) is 2.38. The van der Waals surface area contributed by atoms with Crippen LogP contribution in [0.15, 0.2) is 18.2 Å². The minimum atomic E-state index is -0.0731. The molecular formula is C14H21NO4. The summed E-state index contributed by atoms with van der Waals surface area (Å²) in [6, 6.07) is 5.38. The van der Waals surface area contributed by atoms with Crippen LogP contribution in [-0.2, 0) is 16.0 Å². The van der Waals surface area contributed by atoms with Gasteiger partial charge in [-0.05, 0) is 25.1 Å². The van der Waals surface area contributed by atoms with Crippen molar-refractivity contribution in [2.45, 2.75) is 19.4 Å². The molecule has 0 aromatic heterocycles. The fraction of sp³-hybridized carbons (Fsp3) is 0.500. The molecule has 0 unspecified atom stereocenters. The Morgan fingerprint density at radius 3 is 2.58 bits per heavy atom. The van der Waals surface area contributed by atoms with Crippen LogP contribution >= 0.6 is 0 Å². The quantitative estimate of drug-likeness (QED) is 0.811. The normalized spacial score (nSPS) is 11.8. The lowest BCUT2D eigenvalue weighted by Crippen LogP contribution is -2.36. The molecule has 0 saturated heterocycles. The van der Waals surface area contributed by atoms with E-state index in [1.54, 1.807) is 39.5 Å². The Kier molecular flexibility index (Phi) is 6.15. The first-order valence-corrected chi connectivity index (χ1v) is 6.10. The number of carbonyl (C=O) groups is 1. The van der Waals surface area contributed by atoms with Crippen molar-refractivity contribution in [2.24, 2.45) is 0 Å². The topological polar surface area (TPSA) is 56.8 Å². The van der Waals surface area contributed by atoms with Crippen LogP contribution in [0.4, 0.5) is 0 Å². The van der Waals surface area contributed by atoms with Crippen LogP contribution in [0.5, 0.6) is 11.5 Å². The summed E-state index contributed by atoms with van der Waals surface area (Å²) in [5.74, 6) is 1.31. The molecule has 0 spiro atoms. The molecule has 0 bridgehead atoms. The Labute approximate surface area is 113 Å². The van der Waals surface area contributed by atoms with Gasteiger partial charge in [0.1, 0.15) is 11.5 Å². The van der Waals surface area contributed by atoms with Gasteiger partial charge in [-0.1, -0.05) is 0 Å². The van der Waals surface area contributed by atoms with Crippen LogP contribution in [0.2, 0.25) is 0 Å². The van der Waals surface area contributed by atoms with Crippen LogP contribution in [0, 0.1) is 0 Å². The number of amides is 1. The molecule has 0 aliphatic heterocycles. The number of hydrogen-bond acceptors (Lipinski definition) is 4. The molecule has 5 nitrogen and oxygen atoms in total. The molecule has 1 N–H and O–H groups in total. The Balaban J connectivity index is 2.71. The number of methoxy groups -OCH3 is 3. The standard InChI is InChI=1S/C14H21NO4/c1-10(9-17-2)15-14(16)8-11-7-12(18-3)5-6-13(11)19-4/h5-7,10H,8-9H2,1-4H3,(H,15,16)/t10-/m1/s1. The molecule has 106 valence electrons. The molecule has 0 aliphatic rings. The number of benzene rings is 1. The Bertz CT molecular complexity index is 420. The Hall–Kier alpha value is -1.75. The highest BCUT2D eigenvalue weighted by Gasteiger charge is 2.12. The predicted molar refractivity (Wildman–Crippen MR) is 72.7 cm³/mol. The van der Waals surface area contributed by atoms with E-state index in [0.29, 0.717) is 18.1 Å². The van der Waals surface area contributed by atoms with Gasteiger partial charge in [0.2, 0.25) is 5.91 Å². The Morgan fingerprint density at radius 2 is 2.00 bits per heavy atom. The van der Waals surface area contributed by atoms with Gasteiger partial charge in [0.25, 0.3) is 0 Å². The second kappa shape index (κ2) is 7.63. The molecule has 1 amide bonds. The van der Waals surface area contributed by atoms with Crippen molar-refractivity contribution in [3.63, 3.8) is 0 Å². The SMILES string of the molecule is COC[C@@H](C)NC(=O)Cc1cc(OC)ccc1OC. The predicted octanol–water partition coefficient (Wildman–Crippen LogP) is 1.40. The third kappa shape index (κ3) is 4.79. The monoisotopic (exact) mass is 267 g/mol. The van der Waals surface area contributed by atoms with Crippen LogP contribution in [0.3, 0.4) is 0 Å². The maximum atomic E-state index is 11.9. The molecular weight excluding hydrogens is 246 g/mol. The fourth-order valence-electron chi connectivity index (χ4n) is 1.81. The van der Waals surface area contributed by atoms with Crippen LogP contribution < -0.4 is 14.8 Å². The van der Waals surface area contributed by atoms with Gasteiger partial charge in [-0.15, -0.1) is 0 Å². The molecule has 0 aliphatic carbocycles. The van der Waals surface area contributed by atoms with Gasteiger partial charge in [0.05, 0.1) is 27.2 Å². The molecule has 0 saturated carbocycles. The van der Waals surface area contributed by atoms with Gasteiger partial charge in [-0.25, -0.2) is 0 Å². The van der Waals surface area contributed by atoms with Gasteiger partial charge >= 0.3 is 0 Å². The number of nitrogens with one attached hydrogen (secondary N) is 1. The van der Waals surface area contributed by atoms with Crippen LogP contribution in [0.25, 0.3) is 0 Å². The summed E-state index contributed by atoms with van der Waals surface area (Å²) in [5.41, 5.74) is 0.795. The average Bonchev–Trinajstić information content (AvgIpc) is 2.38. The number of rotatable bonds is 7. The number of hydrogen-bond donors (Lipinski definition) is 1. The highest BCUT2D eigenvalue weighted by molar-refractivity contribution is 5.79. The van der Waals surface area contributed by atoms with E-state index in [9.17, 15) is 4.79 Å². The first kappa shape index (κ1) is 15.3. The molecule has 1 aromatic rings. The largest absolute Gasteiger partial charge is 0.497 e. The highest BCUT2D eigenvalue weighted by Crippen LogP contribution is 2.24. The number of carbonyl (C=O) groups excluding carboxylic acids is 1. The zero-order valence-electron chi connectivity index (χ0n) is 11.9. The molecule has 19 heavy (non-hydrogen) atoms. The van der Waals surface area contributed by atoms with Crippen molar-refractivity contribution < 1.29 is 19.0 Å². The lowest BCUT2D eigenvalue weighted by atomic mass is 10.1. The number of ether oxygens (including phenoxy) is 3. The van der Waals surface area contributed by atoms with E-state index in [4.69, 9.17) is 14.2 Å². The summed E-state index contributed by atoms with van der Waals surface area (Å²) in [7, 11) is 4.77. The van der Waals surface area contributed by atoms with Crippen molar-refractivity contribution in [2.75, 3.05) is 27.9 Å². The maximum Gasteiger partial charge on any atom is 0.224 e. The lowest BCUT2D eigenvalue weighted by Gasteiger charge is -2.14. The van der Waals surface area contributed by atoms with E-state index in [1.165, 1.54) is 0 Å². The smallest absolute Gasteiger partial charge is 0.224 e. The van der Waals surface area contributed by atoms with Crippen molar-refractivity contribution in [3.05, 3.63) is 23.8 Å². The van der Waals surface area contributed by atoms with Crippen molar-refractivity contribution in [1.29, 1.82) is 0 Å². The maximum absolute atomic E-state index is 11.9. The van der Waals surface area contributed by atoms with Crippen molar-refractivity contribution in [3.8, 4) is 11.5 Å². The Morgan fingerprint density at radius 1 is 1.26 bits per heavy atom. The van der Waals surface area contributed by atoms with E-state index in [1.807, 2.05) is 6.92 Å². The molecule has 0 heterocycles. The summed E-state index contributed by atoms with van der Waals surface area (Å²) in [5, 5.41) is 2.86. The third-order valence-electron chi connectivity index (χ3n) is 2.66. The van der Waals surface area contributed by atoms with E-state index < -0.39 is 0 Å². The molecule has 1 atom stereocenters. The van der Waals surface area contributed by atoms with E-state index >= 15 is 0 Å². The van der Waals surface area contributed by atoms with E-state index in [0.717, 1.165) is 5.56 Å². The second-order valence-electron chi connectivity index (χ2n) is 4.28. The molecule has 5 heteroatoms. The molecule has 0 radical (unpaired) electrons. The first-order valence-electron chi connectivity index (χ1n) is 6.10. The highest BCUT2D eigenvalue weighted by atomic mass is 16.5. The first-order chi connectivity index (χ1) is 9.10. The zero-order chi connectivity index (χ0) is 14.3. The van der Waals surface area contributed by atoms with Gasteiger partial charge < -0.3 is 19.5 Å². The molecule has 0 fully saturated rings. The van der Waals surface area contributed by atoms with Gasteiger partial charge in [-0.2, -0.15) is 0 Å². The molecule has 1 rings (SSSR count). The van der Waals surface area contributed by atoms with Gasteiger partial charge in [0, 0.05) is 18.7 Å². The van der Waals surface area contributed by atoms with Crippen LogP contribution in [0.1, 0.15) is 12.5 Å². The summed E-state index contributed by atoms with van der Waals surface area (Å²) >= 11 is 0. The summed E-state index contributed by atoms with van der Waals surface area (Å²) in [4.78, 5) is 11.9. The average molecular weight is 267 g/mol. The van der Waals surface area contributed by atoms with Gasteiger partial charge in [0.15, 0.2) is 0 Å². The fourth-order valence-corrected chi connectivity index (χ4v) is 1.81. The minimum Gasteiger partial charge on any atom is -0.497 e. The van der Waals surface area contributed by atoms with Crippen LogP contribution in [-0.4, -0.2) is 39.9 Å². The van der Waals surface area contributed by atoms with Gasteiger partial charge in [-0.3, -0.25) is 4.79 Å². The molecule has 1 aromatic carbocycles. The summed E-state index contributed by atoms with van der Waals surface area (Å²) in [6.07, 6.45) is 0.244. The second-order valence-corrected chi connectivity index (χ2v) is 4.28. The third-order valence-corrected chi connectivity index (χ3v) is 2.66. The van der Waals surface area contributed by atoms with Crippen molar-refractivity contribution in [1.82, 2.24) is 5.32 Å². The van der Waals surface area contributed by atoms with Crippen molar-refractivity contribution >= 4 is 5.91 Å². The van der Waals surface area contributed by atoms with E-state index in [2.05, 4.69) is 5.32 Å². The lowest BCUT2D eigenvalue weighted by molar-refractivity contribution is -0.121. The van der Waals surface area contributed by atoms with E-state index in [-0.39, 0.29) is 18.4 Å². The summed E-state index contributed by atoms with van der Waals surface area (Å²) < 4.78 is 15.4. The minimum absolute atomic E-state index is 0.0193.